The molecule has 0 bridgehead atoms. The van der Waals surface area contributed by atoms with E-state index in [0.717, 1.165) is 49.1 Å². The number of rotatable bonds is 11. The van der Waals surface area contributed by atoms with Crippen LogP contribution in [0.15, 0.2) is 30.4 Å². The fourth-order valence-corrected chi connectivity index (χ4v) is 4.91. The summed E-state index contributed by atoms with van der Waals surface area (Å²) >= 11 is 0. The molecular weight excluding hydrogens is 414 g/mol. The molecule has 6 atom stereocenters. The van der Waals surface area contributed by atoms with Gasteiger partial charge in [-0.2, -0.15) is 0 Å². The van der Waals surface area contributed by atoms with Gasteiger partial charge >= 0.3 is 0 Å². The van der Waals surface area contributed by atoms with E-state index in [0.29, 0.717) is 19.3 Å². The monoisotopic (exact) mass is 453 g/mol. The Balaban J connectivity index is 1.64. The third kappa shape index (κ3) is 6.40. The van der Waals surface area contributed by atoms with Gasteiger partial charge in [0.15, 0.2) is 0 Å². The fraction of sp³-hybridized carbons (Fsp3) is 0.607. The summed E-state index contributed by atoms with van der Waals surface area (Å²) in [6, 6.07) is 6.22. The lowest BCUT2D eigenvalue weighted by Crippen LogP contribution is -2.24. The van der Waals surface area contributed by atoms with Crippen molar-refractivity contribution >= 4 is 5.91 Å². The SMILES string of the molecule is CC#CC[C@@H](C)[C@H](O)C=C[C@@H]1[C@H]2c3cccc(CCCC(=O)NCCCC)c3O[C@H]2C[C@H]1O. The molecule has 0 spiro atoms. The van der Waals surface area contributed by atoms with Gasteiger partial charge in [-0.3, -0.25) is 4.79 Å². The molecule has 180 valence electrons. The van der Waals surface area contributed by atoms with Crippen LogP contribution in [-0.4, -0.2) is 41.0 Å². The highest BCUT2D eigenvalue weighted by Gasteiger charge is 2.48. The highest BCUT2D eigenvalue weighted by atomic mass is 16.5. The lowest BCUT2D eigenvalue weighted by Gasteiger charge is -2.19. The highest BCUT2D eigenvalue weighted by molar-refractivity contribution is 5.75. The van der Waals surface area contributed by atoms with Crippen molar-refractivity contribution < 1.29 is 19.7 Å². The summed E-state index contributed by atoms with van der Waals surface area (Å²) in [5, 5.41) is 24.1. The van der Waals surface area contributed by atoms with Gasteiger partial charge in [-0.15, -0.1) is 11.8 Å². The lowest BCUT2D eigenvalue weighted by atomic mass is 9.86. The lowest BCUT2D eigenvalue weighted by molar-refractivity contribution is -0.121. The van der Waals surface area contributed by atoms with Crippen molar-refractivity contribution in [2.75, 3.05) is 6.54 Å². The Kier molecular flexibility index (Phi) is 9.41. The third-order valence-corrected chi connectivity index (χ3v) is 6.91. The minimum atomic E-state index is -0.589. The van der Waals surface area contributed by atoms with Crippen LogP contribution in [0.1, 0.15) is 76.3 Å². The molecule has 33 heavy (non-hydrogen) atoms. The maximum absolute atomic E-state index is 12.0. The molecule has 3 N–H and O–H groups in total. The first-order valence-electron chi connectivity index (χ1n) is 12.4. The molecule has 0 unspecified atom stereocenters. The van der Waals surface area contributed by atoms with Crippen LogP contribution in [0.5, 0.6) is 5.75 Å². The molecule has 5 nitrogen and oxygen atoms in total. The Hall–Kier alpha value is -2.29. The minimum absolute atomic E-state index is 0.0425. The Morgan fingerprint density at radius 2 is 2.18 bits per heavy atom. The van der Waals surface area contributed by atoms with Crippen molar-refractivity contribution in [1.82, 2.24) is 5.32 Å². The van der Waals surface area contributed by atoms with Gasteiger partial charge in [0.25, 0.3) is 0 Å². The van der Waals surface area contributed by atoms with Crippen LogP contribution in [0.25, 0.3) is 0 Å². The van der Waals surface area contributed by atoms with Gasteiger partial charge in [0.05, 0.1) is 12.2 Å². The maximum Gasteiger partial charge on any atom is 0.220 e. The quantitative estimate of drug-likeness (QED) is 0.268. The summed E-state index contributed by atoms with van der Waals surface area (Å²) in [5.74, 6) is 6.97. The average Bonchev–Trinajstić information content (AvgIpc) is 3.31. The molecular formula is C28H39NO4. The minimum Gasteiger partial charge on any atom is -0.489 e. The normalized spacial score (nSPS) is 25.0. The van der Waals surface area contributed by atoms with E-state index in [-0.39, 0.29) is 29.8 Å². The van der Waals surface area contributed by atoms with E-state index in [1.807, 2.05) is 25.1 Å². The third-order valence-electron chi connectivity index (χ3n) is 6.91. The first-order chi connectivity index (χ1) is 16.0. The van der Waals surface area contributed by atoms with Gasteiger partial charge in [-0.05, 0) is 37.7 Å². The van der Waals surface area contributed by atoms with Crippen LogP contribution >= 0.6 is 0 Å². The predicted molar refractivity (Wildman–Crippen MR) is 131 cm³/mol. The number of aryl methyl sites for hydroxylation is 1. The number of hydrogen-bond donors (Lipinski definition) is 3. The first kappa shape index (κ1) is 25.3. The highest BCUT2D eigenvalue weighted by Crippen LogP contribution is 2.52. The van der Waals surface area contributed by atoms with E-state index >= 15 is 0 Å². The molecule has 1 amide bonds. The summed E-state index contributed by atoms with van der Waals surface area (Å²) in [7, 11) is 0. The summed E-state index contributed by atoms with van der Waals surface area (Å²) in [6.45, 7) is 6.65. The zero-order valence-electron chi connectivity index (χ0n) is 20.2. The van der Waals surface area contributed by atoms with E-state index in [1.165, 1.54) is 0 Å². The van der Waals surface area contributed by atoms with Crippen molar-refractivity contribution in [1.29, 1.82) is 0 Å². The largest absolute Gasteiger partial charge is 0.489 e. The summed E-state index contributed by atoms with van der Waals surface area (Å²) in [4.78, 5) is 12.0. The molecule has 2 aliphatic rings. The number of aliphatic hydroxyl groups excluding tert-OH is 2. The Morgan fingerprint density at radius 3 is 2.94 bits per heavy atom. The Labute approximate surface area is 198 Å². The molecule has 1 heterocycles. The molecule has 1 saturated carbocycles. The number of para-hydroxylation sites is 1. The maximum atomic E-state index is 12.0. The molecule has 0 radical (unpaired) electrons. The molecule has 1 fully saturated rings. The van der Waals surface area contributed by atoms with Crippen LogP contribution < -0.4 is 10.1 Å². The van der Waals surface area contributed by atoms with E-state index in [4.69, 9.17) is 4.74 Å². The number of carbonyl (C=O) groups excluding carboxylic acids is 1. The number of unbranched alkanes of at least 4 members (excludes halogenated alkanes) is 1. The summed E-state index contributed by atoms with van der Waals surface area (Å²) in [6.07, 6.45) is 8.07. The van der Waals surface area contributed by atoms with Crippen molar-refractivity contribution in [3.63, 3.8) is 0 Å². The zero-order chi connectivity index (χ0) is 23.8. The number of amides is 1. The molecule has 0 aromatic heterocycles. The molecule has 5 heteroatoms. The van der Waals surface area contributed by atoms with E-state index in [9.17, 15) is 15.0 Å². The van der Waals surface area contributed by atoms with Gasteiger partial charge in [0.2, 0.25) is 5.91 Å². The average molecular weight is 454 g/mol. The first-order valence-corrected chi connectivity index (χ1v) is 12.4. The van der Waals surface area contributed by atoms with Crippen molar-refractivity contribution in [3.05, 3.63) is 41.5 Å². The second-order valence-electron chi connectivity index (χ2n) is 9.44. The summed E-state index contributed by atoms with van der Waals surface area (Å²) < 4.78 is 6.33. The Morgan fingerprint density at radius 1 is 1.36 bits per heavy atom. The number of carbonyl (C=O) groups is 1. The standard InChI is InChI=1S/C28H39NO4/c1-4-6-10-19(3)23(30)16-15-21-24(31)18-25-27(21)22-13-8-11-20(28(22)33-25)12-9-14-26(32)29-17-7-5-2/h8,11,13,15-16,19,21,23-25,27,30-31H,5,7,9-10,12,14,17-18H2,1-3H3,(H,29,32)/t19-,21+,23-,24-,25+,27+/m1/s1. The van der Waals surface area contributed by atoms with Crippen molar-refractivity contribution in [3.8, 4) is 17.6 Å². The molecule has 1 aromatic rings. The number of nitrogens with one attached hydrogen (secondary N) is 1. The van der Waals surface area contributed by atoms with E-state index < -0.39 is 12.2 Å². The van der Waals surface area contributed by atoms with Gasteiger partial charge in [-0.25, -0.2) is 0 Å². The van der Waals surface area contributed by atoms with Crippen LogP contribution in [0, 0.1) is 23.7 Å². The van der Waals surface area contributed by atoms with Gasteiger partial charge < -0.3 is 20.3 Å². The summed E-state index contributed by atoms with van der Waals surface area (Å²) in [5.41, 5.74) is 2.27. The number of aliphatic hydroxyl groups is 2. The van der Waals surface area contributed by atoms with E-state index in [1.54, 1.807) is 6.92 Å². The predicted octanol–water partition coefficient (Wildman–Crippen LogP) is 4.12. The van der Waals surface area contributed by atoms with Crippen molar-refractivity contribution in [2.45, 2.75) is 89.9 Å². The molecule has 1 aliphatic carbocycles. The van der Waals surface area contributed by atoms with Crippen LogP contribution in [0.2, 0.25) is 0 Å². The van der Waals surface area contributed by atoms with Gasteiger partial charge in [0.1, 0.15) is 11.9 Å². The van der Waals surface area contributed by atoms with Crippen LogP contribution in [0.3, 0.4) is 0 Å². The van der Waals surface area contributed by atoms with Gasteiger partial charge in [-0.1, -0.05) is 50.6 Å². The van der Waals surface area contributed by atoms with Crippen LogP contribution in [-0.2, 0) is 11.2 Å². The second-order valence-corrected chi connectivity index (χ2v) is 9.44. The fourth-order valence-electron chi connectivity index (χ4n) is 4.91. The number of benzene rings is 1. The molecule has 3 rings (SSSR count). The van der Waals surface area contributed by atoms with Crippen molar-refractivity contribution in [2.24, 2.45) is 11.8 Å². The molecule has 1 aromatic carbocycles. The zero-order valence-corrected chi connectivity index (χ0v) is 20.2. The second kappa shape index (κ2) is 12.3. The van der Waals surface area contributed by atoms with Gasteiger partial charge in [0, 0.05) is 43.2 Å². The topological polar surface area (TPSA) is 78.8 Å². The number of fused-ring (bicyclic) bond motifs is 3. The molecule has 0 saturated heterocycles. The smallest absolute Gasteiger partial charge is 0.220 e. The Bertz CT molecular complexity index is 884. The van der Waals surface area contributed by atoms with E-state index in [2.05, 4.69) is 36.2 Å². The number of ether oxygens (including phenoxy) is 1. The molecule has 1 aliphatic heterocycles. The number of hydrogen-bond acceptors (Lipinski definition) is 4. The van der Waals surface area contributed by atoms with Crippen LogP contribution in [0.4, 0.5) is 0 Å².